The van der Waals surface area contributed by atoms with Crippen LogP contribution in [0.1, 0.15) is 32.7 Å². The molecule has 0 atom stereocenters. The van der Waals surface area contributed by atoms with Gasteiger partial charge in [-0.15, -0.1) is 0 Å². The number of para-hydroxylation sites is 1. The van der Waals surface area contributed by atoms with Crippen molar-refractivity contribution in [3.05, 3.63) is 94.5 Å². The third-order valence-electron chi connectivity index (χ3n) is 5.23. The van der Waals surface area contributed by atoms with Crippen molar-refractivity contribution >= 4 is 39.1 Å². The third-order valence-corrected chi connectivity index (χ3v) is 7.29. The van der Waals surface area contributed by atoms with Crippen molar-refractivity contribution in [1.29, 1.82) is 0 Å². The van der Waals surface area contributed by atoms with Gasteiger partial charge in [-0.25, -0.2) is 13.2 Å². The van der Waals surface area contributed by atoms with E-state index in [0.717, 1.165) is 12.0 Å². The molecule has 0 spiro atoms. The molecule has 0 amide bonds. The second-order valence-corrected chi connectivity index (χ2v) is 9.64. The molecule has 0 radical (unpaired) electrons. The van der Waals surface area contributed by atoms with E-state index in [9.17, 15) is 18.0 Å². The van der Waals surface area contributed by atoms with Crippen molar-refractivity contribution in [2.45, 2.75) is 17.7 Å². The highest BCUT2D eigenvalue weighted by atomic mass is 35.5. The number of nitrogens with zero attached hydrogens (tertiary/aromatic N) is 1. The minimum absolute atomic E-state index is 0.00678. The lowest BCUT2D eigenvalue weighted by Crippen LogP contribution is -2.35. The third kappa shape index (κ3) is 4.54. The van der Waals surface area contributed by atoms with Gasteiger partial charge in [0.1, 0.15) is 0 Å². The molecule has 0 saturated heterocycles. The van der Waals surface area contributed by atoms with Crippen LogP contribution in [0.2, 0.25) is 5.02 Å². The largest absolute Gasteiger partial charge is 0.454 e. The topological polar surface area (TPSA) is 80.8 Å². The SMILES string of the molecule is O=C(COC(=O)c1cccc(S(=O)(=O)N2CCCc3ccccc32)c1)c1ccc(Cl)cc1. The number of benzene rings is 3. The Morgan fingerprint density at radius 2 is 1.69 bits per heavy atom. The van der Waals surface area contributed by atoms with Gasteiger partial charge in [-0.3, -0.25) is 9.10 Å². The first-order chi connectivity index (χ1) is 15.4. The van der Waals surface area contributed by atoms with Crippen LogP contribution in [0, 0.1) is 0 Å². The first-order valence-electron chi connectivity index (χ1n) is 10.0. The molecule has 0 aliphatic carbocycles. The minimum atomic E-state index is -3.86. The molecule has 6 nitrogen and oxygen atoms in total. The molecule has 3 aromatic carbocycles. The Bertz CT molecular complexity index is 1270. The molecule has 0 N–H and O–H groups in total. The van der Waals surface area contributed by atoms with E-state index in [4.69, 9.17) is 16.3 Å². The van der Waals surface area contributed by atoms with Crippen molar-refractivity contribution in [2.75, 3.05) is 17.5 Å². The number of aryl methyl sites for hydroxylation is 1. The standard InChI is InChI=1S/C24H20ClNO5S/c25-20-12-10-18(11-13-20)23(27)16-31-24(28)19-6-3-8-21(15-19)32(29,30)26-14-4-7-17-5-1-2-9-22(17)26/h1-3,5-6,8-13,15H,4,7,14,16H2. The molecule has 32 heavy (non-hydrogen) atoms. The number of esters is 1. The van der Waals surface area contributed by atoms with Gasteiger partial charge in [0.15, 0.2) is 12.4 Å². The highest BCUT2D eigenvalue weighted by Gasteiger charge is 2.29. The summed E-state index contributed by atoms with van der Waals surface area (Å²) in [6.45, 7) is -0.0967. The van der Waals surface area contributed by atoms with E-state index in [2.05, 4.69) is 0 Å². The average Bonchev–Trinajstić information content (AvgIpc) is 2.82. The summed E-state index contributed by atoms with van der Waals surface area (Å²) in [7, 11) is -3.86. The Morgan fingerprint density at radius 3 is 2.47 bits per heavy atom. The number of rotatable bonds is 6. The number of Topliss-reactive ketones (excluding diaryl/α,β-unsaturated/α-hetero) is 1. The van der Waals surface area contributed by atoms with Gasteiger partial charge in [-0.05, 0) is 66.9 Å². The summed E-state index contributed by atoms with van der Waals surface area (Å²) in [5, 5.41) is 0.493. The number of ketones is 1. The van der Waals surface area contributed by atoms with Crippen LogP contribution in [0.25, 0.3) is 0 Å². The number of halogens is 1. The van der Waals surface area contributed by atoms with Crippen LogP contribution in [0.5, 0.6) is 0 Å². The second kappa shape index (κ2) is 9.14. The molecule has 8 heteroatoms. The highest BCUT2D eigenvalue weighted by Crippen LogP contribution is 2.32. The molecule has 4 rings (SSSR count). The average molecular weight is 470 g/mol. The quantitative estimate of drug-likeness (QED) is 0.391. The number of carbonyl (C=O) groups excluding carboxylic acids is 2. The molecule has 0 aromatic heterocycles. The lowest BCUT2D eigenvalue weighted by molar-refractivity contribution is 0.0474. The monoisotopic (exact) mass is 469 g/mol. The van der Waals surface area contributed by atoms with Gasteiger partial charge < -0.3 is 4.74 Å². The molecular weight excluding hydrogens is 450 g/mol. The lowest BCUT2D eigenvalue weighted by atomic mass is 10.0. The van der Waals surface area contributed by atoms with E-state index in [1.165, 1.54) is 28.6 Å². The summed E-state index contributed by atoms with van der Waals surface area (Å²) in [4.78, 5) is 24.7. The Kier molecular flexibility index (Phi) is 6.30. The van der Waals surface area contributed by atoms with E-state index >= 15 is 0 Å². The zero-order chi connectivity index (χ0) is 22.7. The van der Waals surface area contributed by atoms with Crippen LogP contribution in [-0.4, -0.2) is 33.3 Å². The molecule has 3 aromatic rings. The molecule has 164 valence electrons. The van der Waals surface area contributed by atoms with Gasteiger partial charge in [0.25, 0.3) is 10.0 Å². The number of hydrogen-bond donors (Lipinski definition) is 0. The van der Waals surface area contributed by atoms with Crippen molar-refractivity contribution in [1.82, 2.24) is 0 Å². The summed E-state index contributed by atoms with van der Waals surface area (Å²) in [6, 6.07) is 19.3. The number of hydrogen-bond acceptors (Lipinski definition) is 5. The van der Waals surface area contributed by atoms with Gasteiger partial charge in [0, 0.05) is 17.1 Å². The molecule has 0 saturated carbocycles. The van der Waals surface area contributed by atoms with Crippen LogP contribution in [0.4, 0.5) is 5.69 Å². The molecule has 1 aliphatic rings. The van der Waals surface area contributed by atoms with E-state index < -0.39 is 22.6 Å². The van der Waals surface area contributed by atoms with Crippen molar-refractivity contribution in [3.8, 4) is 0 Å². The van der Waals surface area contributed by atoms with Crippen LogP contribution in [0.3, 0.4) is 0 Å². The zero-order valence-corrected chi connectivity index (χ0v) is 18.6. The Labute approximate surface area is 191 Å². The number of anilines is 1. The van der Waals surface area contributed by atoms with Crippen molar-refractivity contribution in [3.63, 3.8) is 0 Å². The van der Waals surface area contributed by atoms with E-state index in [1.54, 1.807) is 36.4 Å². The minimum Gasteiger partial charge on any atom is -0.454 e. The summed E-state index contributed by atoms with van der Waals surface area (Å²) in [5.74, 6) is -1.16. The Morgan fingerprint density at radius 1 is 0.938 bits per heavy atom. The summed E-state index contributed by atoms with van der Waals surface area (Å²) < 4.78 is 33.1. The van der Waals surface area contributed by atoms with E-state index in [0.29, 0.717) is 29.2 Å². The van der Waals surface area contributed by atoms with Crippen LogP contribution >= 0.6 is 11.6 Å². The maximum absolute atomic E-state index is 13.3. The first kappa shape index (κ1) is 22.0. The van der Waals surface area contributed by atoms with Gasteiger partial charge in [-0.2, -0.15) is 0 Å². The van der Waals surface area contributed by atoms with Gasteiger partial charge in [-0.1, -0.05) is 35.9 Å². The van der Waals surface area contributed by atoms with Gasteiger partial charge >= 0.3 is 5.97 Å². The maximum Gasteiger partial charge on any atom is 0.338 e. The molecule has 1 heterocycles. The predicted molar refractivity (Wildman–Crippen MR) is 122 cm³/mol. The number of fused-ring (bicyclic) bond motifs is 1. The summed E-state index contributed by atoms with van der Waals surface area (Å²) in [6.07, 6.45) is 1.53. The van der Waals surface area contributed by atoms with E-state index in [1.807, 2.05) is 12.1 Å². The van der Waals surface area contributed by atoms with Crippen LogP contribution in [-0.2, 0) is 21.2 Å². The normalized spacial score (nSPS) is 13.3. The molecule has 1 aliphatic heterocycles. The van der Waals surface area contributed by atoms with Crippen LogP contribution in [0.15, 0.2) is 77.7 Å². The number of ether oxygens (including phenoxy) is 1. The van der Waals surface area contributed by atoms with Gasteiger partial charge in [0.2, 0.25) is 0 Å². The summed E-state index contributed by atoms with van der Waals surface area (Å²) >= 11 is 5.81. The highest BCUT2D eigenvalue weighted by molar-refractivity contribution is 7.92. The fraction of sp³-hybridized carbons (Fsp3) is 0.167. The number of carbonyl (C=O) groups is 2. The second-order valence-electron chi connectivity index (χ2n) is 7.34. The van der Waals surface area contributed by atoms with Crippen molar-refractivity contribution in [2.24, 2.45) is 0 Å². The predicted octanol–water partition coefficient (Wildman–Crippen LogP) is 4.52. The number of sulfonamides is 1. The molecular formula is C24H20ClNO5S. The fourth-order valence-electron chi connectivity index (χ4n) is 3.59. The van der Waals surface area contributed by atoms with Gasteiger partial charge in [0.05, 0.1) is 16.1 Å². The van der Waals surface area contributed by atoms with Crippen molar-refractivity contribution < 1.29 is 22.7 Å². The fourth-order valence-corrected chi connectivity index (χ4v) is 5.31. The van der Waals surface area contributed by atoms with E-state index in [-0.39, 0.29) is 16.2 Å². The molecule has 0 fully saturated rings. The molecule has 0 unspecified atom stereocenters. The zero-order valence-electron chi connectivity index (χ0n) is 17.0. The molecule has 0 bridgehead atoms. The maximum atomic E-state index is 13.3. The Balaban J connectivity index is 1.51. The lowest BCUT2D eigenvalue weighted by Gasteiger charge is -2.30. The Hall–Kier alpha value is -3.16. The summed E-state index contributed by atoms with van der Waals surface area (Å²) in [5.41, 5.74) is 2.04. The van der Waals surface area contributed by atoms with Crippen LogP contribution < -0.4 is 4.31 Å². The smallest absolute Gasteiger partial charge is 0.338 e. The first-order valence-corrected chi connectivity index (χ1v) is 11.8.